The van der Waals surface area contributed by atoms with E-state index < -0.39 is 12.1 Å². The molecule has 0 aliphatic carbocycles. The Morgan fingerprint density at radius 3 is 2.28 bits per heavy atom. The summed E-state index contributed by atoms with van der Waals surface area (Å²) in [5, 5.41) is 20.6. The van der Waals surface area contributed by atoms with Gasteiger partial charge in [-0.15, -0.1) is 0 Å². The topological polar surface area (TPSA) is 87.3 Å². The number of rotatable bonds is 6. The lowest BCUT2D eigenvalue weighted by Crippen LogP contribution is -2.30. The van der Waals surface area contributed by atoms with Crippen LogP contribution in [0.4, 0.5) is 5.82 Å². The van der Waals surface area contributed by atoms with Crippen LogP contribution < -0.4 is 4.90 Å². The number of aromatic nitrogens is 4. The van der Waals surface area contributed by atoms with Crippen molar-refractivity contribution in [2.45, 2.75) is 31.4 Å². The number of hydrogen-bond acceptors (Lipinski definition) is 6. The zero-order chi connectivity index (χ0) is 21.9. The molecule has 0 spiro atoms. The van der Waals surface area contributed by atoms with E-state index in [0.717, 1.165) is 54.0 Å². The molecule has 0 unspecified atom stereocenters. The summed E-state index contributed by atoms with van der Waals surface area (Å²) in [5.74, 6) is 0.838. The van der Waals surface area contributed by atoms with Crippen LogP contribution in [0.15, 0.2) is 67.3 Å². The summed E-state index contributed by atoms with van der Waals surface area (Å²) in [4.78, 5) is 15.9. The third-order valence-corrected chi connectivity index (χ3v) is 6.21. The van der Waals surface area contributed by atoms with Gasteiger partial charge in [0.25, 0.3) is 0 Å². The average Bonchev–Trinajstić information content (AvgIpc) is 3.29. The lowest BCUT2D eigenvalue weighted by atomic mass is 9.97. The maximum absolute atomic E-state index is 10.8. The standard InChI is InChI=1S/C25H27N5O2/c31-15-21(32)23(20-11-9-19(10-12-20)18-7-3-1-4-8-18)30-17-28-22-24(26-16-27-25(22)30)29-13-5-2-6-14-29/h1,3-4,7-12,16-17,21,23,31-32H,2,5-6,13-15H2/t21-,23+/m1/s1. The number of benzene rings is 2. The Morgan fingerprint density at radius 2 is 1.56 bits per heavy atom. The second-order valence-corrected chi connectivity index (χ2v) is 8.25. The summed E-state index contributed by atoms with van der Waals surface area (Å²) >= 11 is 0. The van der Waals surface area contributed by atoms with Crippen molar-refractivity contribution in [2.24, 2.45) is 0 Å². The zero-order valence-electron chi connectivity index (χ0n) is 17.9. The number of aliphatic hydroxyl groups is 2. The molecule has 32 heavy (non-hydrogen) atoms. The Kier molecular flexibility index (Phi) is 5.83. The number of piperidine rings is 1. The lowest BCUT2D eigenvalue weighted by Gasteiger charge is -2.28. The van der Waals surface area contributed by atoms with E-state index in [4.69, 9.17) is 0 Å². The number of fused-ring (bicyclic) bond motifs is 1. The molecule has 164 valence electrons. The molecule has 0 radical (unpaired) electrons. The molecule has 4 aromatic rings. The Balaban J connectivity index is 1.54. The normalized spacial score (nSPS) is 16.2. The quantitative estimate of drug-likeness (QED) is 0.488. The van der Waals surface area contributed by atoms with Gasteiger partial charge in [0.2, 0.25) is 0 Å². The number of aliphatic hydroxyl groups excluding tert-OH is 2. The number of hydrogen-bond donors (Lipinski definition) is 2. The van der Waals surface area contributed by atoms with Crippen molar-refractivity contribution in [3.63, 3.8) is 0 Å². The van der Waals surface area contributed by atoms with Crippen LogP contribution >= 0.6 is 0 Å². The van der Waals surface area contributed by atoms with Crippen LogP contribution in [0.1, 0.15) is 30.9 Å². The SMILES string of the molecule is OC[C@@H](O)[C@H](c1ccc(-c2ccccc2)cc1)n1cnc2c(N3CCCCC3)ncnc21. The van der Waals surface area contributed by atoms with E-state index in [9.17, 15) is 10.2 Å². The lowest BCUT2D eigenvalue weighted by molar-refractivity contribution is 0.0650. The first kappa shape index (κ1) is 20.6. The van der Waals surface area contributed by atoms with Gasteiger partial charge in [0.15, 0.2) is 17.0 Å². The molecule has 7 heteroatoms. The average molecular weight is 430 g/mol. The van der Waals surface area contributed by atoms with Crippen LogP contribution in [0.2, 0.25) is 0 Å². The molecule has 0 amide bonds. The highest BCUT2D eigenvalue weighted by atomic mass is 16.3. The van der Waals surface area contributed by atoms with Gasteiger partial charge in [-0.05, 0) is 36.0 Å². The molecule has 1 aliphatic heterocycles. The van der Waals surface area contributed by atoms with Crippen molar-refractivity contribution in [1.29, 1.82) is 0 Å². The van der Waals surface area contributed by atoms with E-state index >= 15 is 0 Å². The fraction of sp³-hybridized carbons (Fsp3) is 0.320. The molecule has 2 N–H and O–H groups in total. The van der Waals surface area contributed by atoms with E-state index in [1.165, 1.54) is 6.42 Å². The molecule has 2 atom stereocenters. The predicted molar refractivity (Wildman–Crippen MR) is 124 cm³/mol. The van der Waals surface area contributed by atoms with Gasteiger partial charge < -0.3 is 19.7 Å². The fourth-order valence-corrected chi connectivity index (χ4v) is 4.55. The number of nitrogens with zero attached hydrogens (tertiary/aromatic N) is 5. The van der Waals surface area contributed by atoms with Crippen molar-refractivity contribution < 1.29 is 10.2 Å². The molecule has 5 rings (SSSR count). The molecule has 7 nitrogen and oxygen atoms in total. The third kappa shape index (κ3) is 3.85. The fourth-order valence-electron chi connectivity index (χ4n) is 4.55. The summed E-state index contributed by atoms with van der Waals surface area (Å²) in [6.45, 7) is 1.56. The van der Waals surface area contributed by atoms with Gasteiger partial charge in [-0.25, -0.2) is 15.0 Å². The summed E-state index contributed by atoms with van der Waals surface area (Å²) in [6.07, 6.45) is 5.79. The van der Waals surface area contributed by atoms with Gasteiger partial charge in [0.1, 0.15) is 12.4 Å². The third-order valence-electron chi connectivity index (χ3n) is 6.21. The first-order valence-electron chi connectivity index (χ1n) is 11.1. The molecule has 2 aromatic carbocycles. The highest BCUT2D eigenvalue weighted by molar-refractivity contribution is 5.83. The minimum absolute atomic E-state index is 0.366. The Morgan fingerprint density at radius 1 is 0.844 bits per heavy atom. The van der Waals surface area contributed by atoms with E-state index in [2.05, 4.69) is 32.0 Å². The zero-order valence-corrected chi connectivity index (χ0v) is 17.9. The van der Waals surface area contributed by atoms with E-state index in [1.807, 2.05) is 47.0 Å². The van der Waals surface area contributed by atoms with Crippen molar-refractivity contribution in [3.05, 3.63) is 72.8 Å². The number of anilines is 1. The maximum atomic E-state index is 10.8. The van der Waals surface area contributed by atoms with E-state index in [1.54, 1.807) is 12.7 Å². The predicted octanol–water partition coefficient (Wildman–Crippen LogP) is 3.43. The monoisotopic (exact) mass is 429 g/mol. The highest BCUT2D eigenvalue weighted by Gasteiger charge is 2.27. The minimum Gasteiger partial charge on any atom is -0.394 e. The first-order chi connectivity index (χ1) is 15.8. The molecule has 1 saturated heterocycles. The Hall–Kier alpha value is -3.29. The molecule has 1 aliphatic rings. The van der Waals surface area contributed by atoms with Gasteiger partial charge in [-0.3, -0.25) is 0 Å². The molecule has 3 heterocycles. The molecule has 1 fully saturated rings. The summed E-state index contributed by atoms with van der Waals surface area (Å²) in [7, 11) is 0. The molecule has 0 bridgehead atoms. The van der Waals surface area contributed by atoms with E-state index in [0.29, 0.717) is 5.65 Å². The van der Waals surface area contributed by atoms with Crippen molar-refractivity contribution in [1.82, 2.24) is 19.5 Å². The Labute approximate surface area is 187 Å². The maximum Gasteiger partial charge on any atom is 0.166 e. The molecular weight excluding hydrogens is 402 g/mol. The van der Waals surface area contributed by atoms with E-state index in [-0.39, 0.29) is 6.61 Å². The summed E-state index contributed by atoms with van der Waals surface area (Å²) < 4.78 is 1.85. The van der Waals surface area contributed by atoms with Crippen molar-refractivity contribution in [3.8, 4) is 11.1 Å². The smallest absolute Gasteiger partial charge is 0.166 e. The Bertz CT molecular complexity index is 1170. The van der Waals surface area contributed by atoms with Crippen LogP contribution in [0.5, 0.6) is 0 Å². The van der Waals surface area contributed by atoms with Crippen LogP contribution in [0, 0.1) is 0 Å². The second kappa shape index (κ2) is 9.06. The van der Waals surface area contributed by atoms with Gasteiger partial charge in [-0.2, -0.15) is 0 Å². The van der Waals surface area contributed by atoms with Crippen molar-refractivity contribution in [2.75, 3.05) is 24.6 Å². The van der Waals surface area contributed by atoms with Crippen LogP contribution in [-0.2, 0) is 0 Å². The van der Waals surface area contributed by atoms with Crippen LogP contribution in [-0.4, -0.2) is 55.5 Å². The molecule has 0 saturated carbocycles. The molecule has 2 aromatic heterocycles. The second-order valence-electron chi connectivity index (χ2n) is 8.25. The first-order valence-corrected chi connectivity index (χ1v) is 11.1. The number of imidazole rings is 1. The summed E-state index contributed by atoms with van der Waals surface area (Å²) in [6, 6.07) is 17.7. The largest absolute Gasteiger partial charge is 0.394 e. The van der Waals surface area contributed by atoms with Gasteiger partial charge >= 0.3 is 0 Å². The highest BCUT2D eigenvalue weighted by Crippen LogP contribution is 2.31. The van der Waals surface area contributed by atoms with Gasteiger partial charge in [-0.1, -0.05) is 54.6 Å². The van der Waals surface area contributed by atoms with Gasteiger partial charge in [0.05, 0.1) is 19.0 Å². The van der Waals surface area contributed by atoms with Crippen LogP contribution in [0.25, 0.3) is 22.3 Å². The van der Waals surface area contributed by atoms with Crippen molar-refractivity contribution >= 4 is 17.0 Å². The van der Waals surface area contributed by atoms with Gasteiger partial charge in [0, 0.05) is 13.1 Å². The summed E-state index contributed by atoms with van der Waals surface area (Å²) in [5.41, 5.74) is 4.49. The van der Waals surface area contributed by atoms with Crippen LogP contribution in [0.3, 0.4) is 0 Å². The minimum atomic E-state index is -0.997. The molecular formula is C25H27N5O2.